The highest BCUT2D eigenvalue weighted by atomic mass is 16.2. The van der Waals surface area contributed by atoms with Crippen LogP contribution in [0, 0.1) is 0 Å². The van der Waals surface area contributed by atoms with Gasteiger partial charge in [0.2, 0.25) is 0 Å². The van der Waals surface area contributed by atoms with E-state index in [1.807, 2.05) is 23.1 Å². The number of aromatic nitrogens is 2. The van der Waals surface area contributed by atoms with E-state index in [-0.39, 0.29) is 11.9 Å². The van der Waals surface area contributed by atoms with Gasteiger partial charge < -0.3 is 10.2 Å². The van der Waals surface area contributed by atoms with Crippen LogP contribution in [0.1, 0.15) is 46.5 Å². The Kier molecular flexibility index (Phi) is 3.79. The first-order valence-electron chi connectivity index (χ1n) is 8.21. The van der Waals surface area contributed by atoms with Gasteiger partial charge in [0.05, 0.1) is 5.56 Å². The van der Waals surface area contributed by atoms with Crippen molar-refractivity contribution in [1.82, 2.24) is 20.2 Å². The van der Waals surface area contributed by atoms with Crippen molar-refractivity contribution in [1.29, 1.82) is 0 Å². The number of hydrogen-bond donors (Lipinski definition) is 1. The number of rotatable bonds is 3. The van der Waals surface area contributed by atoms with Crippen LogP contribution < -0.4 is 5.32 Å². The van der Waals surface area contributed by atoms with Gasteiger partial charge in [0, 0.05) is 44.0 Å². The van der Waals surface area contributed by atoms with Gasteiger partial charge in [-0.2, -0.15) is 0 Å². The Morgan fingerprint density at radius 2 is 1.87 bits per heavy atom. The van der Waals surface area contributed by atoms with Gasteiger partial charge in [-0.1, -0.05) is 30.3 Å². The normalized spacial score (nSPS) is 21.2. The van der Waals surface area contributed by atoms with Crippen LogP contribution in [0.2, 0.25) is 0 Å². The number of benzene rings is 1. The summed E-state index contributed by atoms with van der Waals surface area (Å²) in [4.78, 5) is 23.3. The molecule has 0 radical (unpaired) electrons. The van der Waals surface area contributed by atoms with Gasteiger partial charge in [-0.3, -0.25) is 4.79 Å². The van der Waals surface area contributed by atoms with E-state index in [2.05, 4.69) is 27.4 Å². The van der Waals surface area contributed by atoms with Gasteiger partial charge in [-0.05, 0) is 18.4 Å². The predicted molar refractivity (Wildman–Crippen MR) is 87.1 cm³/mol. The zero-order valence-corrected chi connectivity index (χ0v) is 13.0. The van der Waals surface area contributed by atoms with E-state index in [0.717, 1.165) is 12.4 Å². The summed E-state index contributed by atoms with van der Waals surface area (Å²) in [6, 6.07) is 10.4. The second kappa shape index (κ2) is 6.08. The molecule has 1 saturated heterocycles. The van der Waals surface area contributed by atoms with Gasteiger partial charge in [-0.25, -0.2) is 9.97 Å². The Morgan fingerprint density at radius 1 is 1.13 bits per heavy atom. The molecule has 1 saturated carbocycles. The van der Waals surface area contributed by atoms with E-state index in [9.17, 15) is 4.79 Å². The summed E-state index contributed by atoms with van der Waals surface area (Å²) in [6.45, 7) is 2.19. The van der Waals surface area contributed by atoms with E-state index in [1.165, 1.54) is 18.4 Å². The molecule has 1 aromatic heterocycles. The van der Waals surface area contributed by atoms with Crippen LogP contribution in [0.5, 0.6) is 0 Å². The zero-order chi connectivity index (χ0) is 15.6. The lowest BCUT2D eigenvalue weighted by Crippen LogP contribution is -2.48. The van der Waals surface area contributed by atoms with Gasteiger partial charge in [-0.15, -0.1) is 0 Å². The summed E-state index contributed by atoms with van der Waals surface area (Å²) >= 11 is 0. The number of nitrogens with one attached hydrogen (secondary N) is 1. The van der Waals surface area contributed by atoms with Crippen molar-refractivity contribution in [2.75, 3.05) is 19.6 Å². The van der Waals surface area contributed by atoms with Crippen LogP contribution in [-0.2, 0) is 0 Å². The molecule has 2 fully saturated rings. The van der Waals surface area contributed by atoms with E-state index in [0.29, 0.717) is 24.6 Å². The Balaban J connectivity index is 1.47. The van der Waals surface area contributed by atoms with E-state index >= 15 is 0 Å². The number of hydrogen-bond acceptors (Lipinski definition) is 4. The second-order valence-electron chi connectivity index (χ2n) is 6.27. The Morgan fingerprint density at radius 3 is 2.57 bits per heavy atom. The molecule has 0 bridgehead atoms. The average molecular weight is 308 g/mol. The van der Waals surface area contributed by atoms with Crippen molar-refractivity contribution < 1.29 is 4.79 Å². The molecule has 2 aliphatic rings. The average Bonchev–Trinajstić information content (AvgIpc) is 3.47. The molecule has 1 aromatic carbocycles. The number of nitrogens with zero attached hydrogens (tertiary/aromatic N) is 3. The fourth-order valence-corrected chi connectivity index (χ4v) is 3.03. The number of piperazine rings is 1. The molecule has 1 unspecified atom stereocenters. The van der Waals surface area contributed by atoms with Crippen LogP contribution in [0.25, 0.3) is 0 Å². The molecule has 1 atom stereocenters. The van der Waals surface area contributed by atoms with Gasteiger partial charge in [0.1, 0.15) is 5.82 Å². The lowest BCUT2D eigenvalue weighted by molar-refractivity contribution is 0.0702. The molecule has 1 aliphatic carbocycles. The first-order chi connectivity index (χ1) is 11.3. The lowest BCUT2D eigenvalue weighted by Gasteiger charge is -2.34. The zero-order valence-electron chi connectivity index (χ0n) is 13.0. The van der Waals surface area contributed by atoms with Crippen LogP contribution in [-0.4, -0.2) is 40.4 Å². The third-order valence-electron chi connectivity index (χ3n) is 4.53. The predicted octanol–water partition coefficient (Wildman–Crippen LogP) is 2.14. The number of carbonyl (C=O) groups excluding carboxylic acids is 1. The van der Waals surface area contributed by atoms with Crippen LogP contribution in [0.4, 0.5) is 0 Å². The van der Waals surface area contributed by atoms with E-state index in [4.69, 9.17) is 0 Å². The van der Waals surface area contributed by atoms with Crippen molar-refractivity contribution >= 4 is 5.91 Å². The topological polar surface area (TPSA) is 58.1 Å². The summed E-state index contributed by atoms with van der Waals surface area (Å²) in [5.41, 5.74) is 1.80. The molecular weight excluding hydrogens is 288 g/mol. The molecule has 2 heterocycles. The maximum Gasteiger partial charge on any atom is 0.257 e. The summed E-state index contributed by atoms with van der Waals surface area (Å²) in [5, 5.41) is 3.48. The maximum atomic E-state index is 12.7. The van der Waals surface area contributed by atoms with Crippen molar-refractivity contribution in [2.24, 2.45) is 0 Å². The largest absolute Gasteiger partial charge is 0.335 e. The molecule has 1 amide bonds. The molecule has 2 aromatic rings. The number of amides is 1. The van der Waals surface area contributed by atoms with Gasteiger partial charge in [0.15, 0.2) is 0 Å². The fourth-order valence-electron chi connectivity index (χ4n) is 3.03. The summed E-state index contributed by atoms with van der Waals surface area (Å²) in [5.74, 6) is 1.42. The third kappa shape index (κ3) is 3.10. The molecule has 118 valence electrons. The van der Waals surface area contributed by atoms with Gasteiger partial charge >= 0.3 is 0 Å². The minimum absolute atomic E-state index is 0.0229. The Labute approximate surface area is 135 Å². The summed E-state index contributed by atoms with van der Waals surface area (Å²) < 4.78 is 0. The minimum atomic E-state index is 0.0229. The van der Waals surface area contributed by atoms with Crippen molar-refractivity contribution in [2.45, 2.75) is 24.8 Å². The van der Waals surface area contributed by atoms with Crippen LogP contribution in [0.15, 0.2) is 42.7 Å². The molecular formula is C18H20N4O. The Bertz CT molecular complexity index is 682. The maximum absolute atomic E-state index is 12.7. The first kappa shape index (κ1) is 14.3. The SMILES string of the molecule is O=C(c1cnc(C2CC2)nc1)N1CCNC(c2ccccc2)C1. The molecule has 0 spiro atoms. The Hall–Kier alpha value is -2.27. The fraction of sp³-hybridized carbons (Fsp3) is 0.389. The molecule has 1 aliphatic heterocycles. The molecule has 5 heteroatoms. The van der Waals surface area contributed by atoms with Gasteiger partial charge in [0.25, 0.3) is 5.91 Å². The molecule has 5 nitrogen and oxygen atoms in total. The molecule has 4 rings (SSSR count). The highest BCUT2D eigenvalue weighted by Gasteiger charge is 2.28. The highest BCUT2D eigenvalue weighted by Crippen LogP contribution is 2.37. The van der Waals surface area contributed by atoms with E-state index < -0.39 is 0 Å². The van der Waals surface area contributed by atoms with E-state index in [1.54, 1.807) is 12.4 Å². The smallest absolute Gasteiger partial charge is 0.257 e. The standard InChI is InChI=1S/C18H20N4O/c23-18(15-10-20-17(21-11-15)14-6-7-14)22-9-8-19-16(12-22)13-4-2-1-3-5-13/h1-5,10-11,14,16,19H,6-9,12H2. The lowest BCUT2D eigenvalue weighted by atomic mass is 10.0. The van der Waals surface area contributed by atoms with Crippen molar-refractivity contribution in [3.63, 3.8) is 0 Å². The summed E-state index contributed by atoms with van der Waals surface area (Å²) in [7, 11) is 0. The van der Waals surface area contributed by atoms with Crippen LogP contribution >= 0.6 is 0 Å². The summed E-state index contributed by atoms with van der Waals surface area (Å²) in [6.07, 6.45) is 5.71. The second-order valence-corrected chi connectivity index (χ2v) is 6.27. The first-order valence-corrected chi connectivity index (χ1v) is 8.21. The minimum Gasteiger partial charge on any atom is -0.335 e. The third-order valence-corrected chi connectivity index (χ3v) is 4.53. The van der Waals surface area contributed by atoms with Crippen molar-refractivity contribution in [3.05, 3.63) is 59.7 Å². The highest BCUT2D eigenvalue weighted by molar-refractivity contribution is 5.93. The van der Waals surface area contributed by atoms with Crippen molar-refractivity contribution in [3.8, 4) is 0 Å². The molecule has 23 heavy (non-hydrogen) atoms. The monoisotopic (exact) mass is 308 g/mol. The van der Waals surface area contributed by atoms with Crippen LogP contribution in [0.3, 0.4) is 0 Å². The number of carbonyl (C=O) groups is 1. The quantitative estimate of drug-likeness (QED) is 0.944. The molecule has 1 N–H and O–H groups in total.